The van der Waals surface area contributed by atoms with Crippen LogP contribution in [0.25, 0.3) is 0 Å². The van der Waals surface area contributed by atoms with E-state index >= 15 is 0 Å². The quantitative estimate of drug-likeness (QED) is 0.893. The van der Waals surface area contributed by atoms with Gasteiger partial charge in [-0.15, -0.1) is 0 Å². The van der Waals surface area contributed by atoms with Crippen LogP contribution in [0.5, 0.6) is 0 Å². The second kappa shape index (κ2) is 7.88. The molecule has 1 atom stereocenters. The Morgan fingerprint density at radius 3 is 2.52 bits per heavy atom. The zero-order valence-corrected chi connectivity index (χ0v) is 15.7. The number of piperidine rings is 1. The first-order valence-electron chi connectivity index (χ1n) is 9.67. The van der Waals surface area contributed by atoms with Gasteiger partial charge in [-0.25, -0.2) is 0 Å². The summed E-state index contributed by atoms with van der Waals surface area (Å²) in [5, 5.41) is 9.95. The molecule has 1 spiro atoms. The molecule has 0 aliphatic carbocycles. The molecule has 138 valence electrons. The van der Waals surface area contributed by atoms with Gasteiger partial charge >= 0.3 is 0 Å². The molecule has 0 radical (unpaired) electrons. The van der Waals surface area contributed by atoms with Gasteiger partial charge in [0, 0.05) is 51.7 Å². The molecule has 2 saturated heterocycles. The van der Waals surface area contributed by atoms with Crippen molar-refractivity contribution in [3.8, 4) is 0 Å². The summed E-state index contributed by atoms with van der Waals surface area (Å²) in [6, 6.07) is 10.6. The summed E-state index contributed by atoms with van der Waals surface area (Å²) in [5.41, 5.74) is 1.51. The number of benzene rings is 1. The van der Waals surface area contributed by atoms with Crippen molar-refractivity contribution < 1.29 is 9.90 Å². The second-order valence-electron chi connectivity index (χ2n) is 8.38. The van der Waals surface area contributed by atoms with Gasteiger partial charge in [-0.1, -0.05) is 44.2 Å². The maximum absolute atomic E-state index is 12.3. The van der Waals surface area contributed by atoms with Crippen molar-refractivity contribution in [1.82, 2.24) is 9.80 Å². The first kappa shape index (κ1) is 18.4. The fourth-order valence-corrected chi connectivity index (χ4v) is 4.60. The minimum atomic E-state index is 0.179. The highest BCUT2D eigenvalue weighted by molar-refractivity contribution is 5.76. The Balaban J connectivity index is 1.60. The summed E-state index contributed by atoms with van der Waals surface area (Å²) in [6.45, 7) is 9.11. The summed E-state index contributed by atoms with van der Waals surface area (Å²) >= 11 is 0. The molecule has 2 aliphatic rings. The third kappa shape index (κ3) is 4.24. The SMILES string of the molecule is CC(C)CC(=O)N1CCC2(CC1)CN(Cc1ccccc1)CC2CO. The lowest BCUT2D eigenvalue weighted by molar-refractivity contribution is -0.134. The Bertz CT molecular complexity index is 565. The molecule has 1 N–H and O–H groups in total. The van der Waals surface area contributed by atoms with Crippen molar-refractivity contribution in [2.75, 3.05) is 32.8 Å². The highest BCUT2D eigenvalue weighted by Crippen LogP contribution is 2.45. The van der Waals surface area contributed by atoms with E-state index in [1.54, 1.807) is 0 Å². The highest BCUT2D eigenvalue weighted by atomic mass is 16.3. The van der Waals surface area contributed by atoms with Crippen molar-refractivity contribution in [2.45, 2.75) is 39.7 Å². The summed E-state index contributed by atoms with van der Waals surface area (Å²) in [7, 11) is 0. The van der Waals surface area contributed by atoms with Crippen molar-refractivity contribution in [3.63, 3.8) is 0 Å². The Kier molecular flexibility index (Phi) is 5.80. The number of nitrogens with zero attached hydrogens (tertiary/aromatic N) is 2. The largest absolute Gasteiger partial charge is 0.396 e. The van der Waals surface area contributed by atoms with Gasteiger partial charge in [-0.2, -0.15) is 0 Å². The number of carbonyl (C=O) groups is 1. The lowest BCUT2D eigenvalue weighted by atomic mass is 9.71. The Morgan fingerprint density at radius 2 is 1.92 bits per heavy atom. The molecule has 0 bridgehead atoms. The predicted octanol–water partition coefficient (Wildman–Crippen LogP) is 2.77. The van der Waals surface area contributed by atoms with E-state index in [1.165, 1.54) is 5.56 Å². The van der Waals surface area contributed by atoms with Gasteiger partial charge in [-0.3, -0.25) is 9.69 Å². The summed E-state index contributed by atoms with van der Waals surface area (Å²) in [4.78, 5) is 16.9. The van der Waals surface area contributed by atoms with Crippen molar-refractivity contribution >= 4 is 5.91 Å². The monoisotopic (exact) mass is 344 g/mol. The van der Waals surface area contributed by atoms with Gasteiger partial charge in [0.05, 0.1) is 0 Å². The fourth-order valence-electron chi connectivity index (χ4n) is 4.60. The lowest BCUT2D eigenvalue weighted by Crippen LogP contribution is -2.47. The summed E-state index contributed by atoms with van der Waals surface area (Å²) < 4.78 is 0. The molecule has 1 amide bonds. The highest BCUT2D eigenvalue weighted by Gasteiger charge is 2.47. The first-order chi connectivity index (χ1) is 12.0. The van der Waals surface area contributed by atoms with Crippen LogP contribution in [0.2, 0.25) is 0 Å². The number of rotatable bonds is 5. The van der Waals surface area contributed by atoms with Crippen LogP contribution in [-0.2, 0) is 11.3 Å². The van der Waals surface area contributed by atoms with Crippen LogP contribution in [0.4, 0.5) is 0 Å². The van der Waals surface area contributed by atoms with Crippen molar-refractivity contribution in [2.24, 2.45) is 17.3 Å². The van der Waals surface area contributed by atoms with Gasteiger partial charge in [0.15, 0.2) is 0 Å². The molecule has 2 aliphatic heterocycles. The average Bonchev–Trinajstić information content (AvgIpc) is 2.92. The van der Waals surface area contributed by atoms with Gasteiger partial charge in [0.1, 0.15) is 0 Å². The van der Waals surface area contributed by atoms with Crippen molar-refractivity contribution in [1.29, 1.82) is 0 Å². The maximum Gasteiger partial charge on any atom is 0.222 e. The molecule has 2 heterocycles. The minimum absolute atomic E-state index is 0.179. The van der Waals surface area contributed by atoms with E-state index < -0.39 is 0 Å². The molecule has 4 heteroatoms. The van der Waals surface area contributed by atoms with Crippen LogP contribution < -0.4 is 0 Å². The number of hydrogen-bond acceptors (Lipinski definition) is 3. The van der Waals surface area contributed by atoms with Crippen molar-refractivity contribution in [3.05, 3.63) is 35.9 Å². The normalized spacial score (nSPS) is 23.5. The molecule has 1 aromatic rings. The standard InChI is InChI=1S/C21H32N2O2/c1-17(2)12-20(25)23-10-8-21(9-11-23)16-22(14-19(21)15-24)13-18-6-4-3-5-7-18/h3-7,17,19,24H,8-16H2,1-2H3. The predicted molar refractivity (Wildman–Crippen MR) is 100.0 cm³/mol. The molecule has 2 fully saturated rings. The van der Waals surface area contributed by atoms with E-state index in [1.807, 2.05) is 4.90 Å². The average molecular weight is 344 g/mol. The fraction of sp³-hybridized carbons (Fsp3) is 0.667. The zero-order chi connectivity index (χ0) is 17.9. The third-order valence-electron chi connectivity index (χ3n) is 6.05. The molecular formula is C21H32N2O2. The minimum Gasteiger partial charge on any atom is -0.396 e. The molecular weight excluding hydrogens is 312 g/mol. The maximum atomic E-state index is 12.3. The molecule has 4 nitrogen and oxygen atoms in total. The first-order valence-corrected chi connectivity index (χ1v) is 9.67. The smallest absolute Gasteiger partial charge is 0.222 e. The van der Waals surface area contributed by atoms with Gasteiger partial charge in [0.25, 0.3) is 0 Å². The van der Waals surface area contributed by atoms with E-state index in [4.69, 9.17) is 0 Å². The number of aliphatic hydroxyl groups excluding tert-OH is 1. The third-order valence-corrected chi connectivity index (χ3v) is 6.05. The van der Waals surface area contributed by atoms with Gasteiger partial charge in [0.2, 0.25) is 5.91 Å². The number of aliphatic hydroxyl groups is 1. The number of amides is 1. The van der Waals surface area contributed by atoms with Gasteiger partial charge in [-0.05, 0) is 29.7 Å². The van der Waals surface area contributed by atoms with Crippen LogP contribution in [0.3, 0.4) is 0 Å². The molecule has 1 aromatic carbocycles. The number of hydrogen-bond donors (Lipinski definition) is 1. The zero-order valence-electron chi connectivity index (χ0n) is 15.7. The summed E-state index contributed by atoms with van der Waals surface area (Å²) in [6.07, 6.45) is 2.69. The molecule has 25 heavy (non-hydrogen) atoms. The number of likely N-dealkylation sites (tertiary alicyclic amines) is 2. The topological polar surface area (TPSA) is 43.8 Å². The van der Waals surface area contributed by atoms with E-state index in [9.17, 15) is 9.90 Å². The van der Waals surface area contributed by atoms with Crippen LogP contribution in [0.1, 0.15) is 38.7 Å². The number of carbonyl (C=O) groups excluding carboxylic acids is 1. The Labute approximate surface area is 151 Å². The van der Waals surface area contributed by atoms with Crippen LogP contribution in [0, 0.1) is 17.3 Å². The van der Waals surface area contributed by atoms with E-state index in [0.29, 0.717) is 24.2 Å². The lowest BCUT2D eigenvalue weighted by Gasteiger charge is -2.42. The van der Waals surface area contributed by atoms with E-state index in [-0.39, 0.29) is 12.0 Å². The molecule has 1 unspecified atom stereocenters. The second-order valence-corrected chi connectivity index (χ2v) is 8.38. The molecule has 0 aromatic heterocycles. The Hall–Kier alpha value is -1.39. The molecule has 0 saturated carbocycles. The molecule has 3 rings (SSSR count). The van der Waals surface area contributed by atoms with Crippen LogP contribution in [-0.4, -0.2) is 53.6 Å². The van der Waals surface area contributed by atoms with E-state index in [2.05, 4.69) is 49.1 Å². The van der Waals surface area contributed by atoms with Crippen LogP contribution in [0.15, 0.2) is 30.3 Å². The van der Waals surface area contributed by atoms with Crippen LogP contribution >= 0.6 is 0 Å². The van der Waals surface area contributed by atoms with Gasteiger partial charge < -0.3 is 10.0 Å². The Morgan fingerprint density at radius 1 is 1.24 bits per heavy atom. The van der Waals surface area contributed by atoms with E-state index in [0.717, 1.165) is 45.6 Å². The summed E-state index contributed by atoms with van der Waals surface area (Å²) in [5.74, 6) is 1.05.